The fraction of sp³-hybridized carbons (Fsp3) is 1.00. The highest BCUT2D eigenvalue weighted by molar-refractivity contribution is 4.91. The smallest absolute Gasteiger partial charge is 0.186 e. The van der Waals surface area contributed by atoms with Crippen molar-refractivity contribution in [2.45, 2.75) is 55.3 Å². The maximum absolute atomic E-state index is 9.92. The van der Waals surface area contributed by atoms with Gasteiger partial charge in [-0.25, -0.2) is 0 Å². The minimum atomic E-state index is -1.70. The Morgan fingerprint density at radius 1 is 0.905 bits per heavy atom. The van der Waals surface area contributed by atoms with E-state index in [1.807, 2.05) is 0 Å². The molecule has 0 aromatic heterocycles. The van der Waals surface area contributed by atoms with Gasteiger partial charge in [-0.3, -0.25) is 0 Å². The van der Waals surface area contributed by atoms with Crippen LogP contribution in [0.25, 0.3) is 0 Å². The summed E-state index contributed by atoms with van der Waals surface area (Å²) in [6.45, 7) is -0.940. The van der Waals surface area contributed by atoms with Crippen LogP contribution >= 0.6 is 0 Å². The standard InChI is InChI=1S/C11H20O10/c12-1-4-6(15)9(8(17)10(18)20-4)21-11-7(16)5(14)3(13)2-19-11/h3-18H,1-2H2/t3-,4-,5+,6-,7-,8-,9+,10+,11-/m1/s1. The molecule has 0 radical (unpaired) electrons. The molecule has 21 heavy (non-hydrogen) atoms. The highest BCUT2D eigenvalue weighted by atomic mass is 16.7. The van der Waals surface area contributed by atoms with E-state index in [2.05, 4.69) is 0 Å². The van der Waals surface area contributed by atoms with E-state index in [4.69, 9.17) is 19.3 Å². The zero-order valence-corrected chi connectivity index (χ0v) is 11.0. The topological polar surface area (TPSA) is 169 Å². The second kappa shape index (κ2) is 6.79. The van der Waals surface area contributed by atoms with Crippen LogP contribution in [-0.4, -0.2) is 104 Å². The van der Waals surface area contributed by atoms with E-state index < -0.39 is 61.9 Å². The van der Waals surface area contributed by atoms with Crippen molar-refractivity contribution < 1.29 is 50.0 Å². The van der Waals surface area contributed by atoms with Gasteiger partial charge in [-0.15, -0.1) is 0 Å². The summed E-state index contributed by atoms with van der Waals surface area (Å²) in [5.41, 5.74) is 0. The molecule has 2 heterocycles. The molecule has 2 rings (SSSR count). The fourth-order valence-corrected chi connectivity index (χ4v) is 2.28. The maximum atomic E-state index is 9.92. The molecule has 7 N–H and O–H groups in total. The van der Waals surface area contributed by atoms with Gasteiger partial charge in [0, 0.05) is 0 Å². The largest absolute Gasteiger partial charge is 0.394 e. The average Bonchev–Trinajstić information content (AvgIpc) is 2.47. The van der Waals surface area contributed by atoms with Crippen molar-refractivity contribution in [2.24, 2.45) is 0 Å². The van der Waals surface area contributed by atoms with Crippen LogP contribution in [0.15, 0.2) is 0 Å². The molecule has 10 nitrogen and oxygen atoms in total. The van der Waals surface area contributed by atoms with Crippen LogP contribution in [0.4, 0.5) is 0 Å². The molecule has 2 aliphatic rings. The fourth-order valence-electron chi connectivity index (χ4n) is 2.28. The quantitative estimate of drug-likeness (QED) is 0.268. The lowest BCUT2D eigenvalue weighted by atomic mass is 9.98. The molecule has 0 amide bonds. The number of hydrogen-bond donors (Lipinski definition) is 7. The number of aliphatic hydroxyl groups excluding tert-OH is 7. The van der Waals surface area contributed by atoms with Crippen molar-refractivity contribution in [1.29, 1.82) is 0 Å². The first-order chi connectivity index (χ1) is 9.86. The summed E-state index contributed by atoms with van der Waals surface area (Å²) in [7, 11) is 0. The lowest BCUT2D eigenvalue weighted by Crippen LogP contribution is -2.62. The Balaban J connectivity index is 2.05. The number of rotatable bonds is 3. The molecule has 0 aliphatic carbocycles. The molecule has 0 aromatic carbocycles. The molecule has 0 saturated carbocycles. The lowest BCUT2D eigenvalue weighted by Gasteiger charge is -2.43. The monoisotopic (exact) mass is 312 g/mol. The van der Waals surface area contributed by atoms with Gasteiger partial charge in [0.15, 0.2) is 12.6 Å². The van der Waals surface area contributed by atoms with Gasteiger partial charge in [0.2, 0.25) is 0 Å². The predicted octanol–water partition coefficient (Wildman–Crippen LogP) is -4.76. The summed E-state index contributed by atoms with van der Waals surface area (Å²) in [5.74, 6) is 0. The first-order valence-electron chi connectivity index (χ1n) is 6.48. The molecule has 0 aromatic rings. The summed E-state index contributed by atoms with van der Waals surface area (Å²) >= 11 is 0. The highest BCUT2D eigenvalue weighted by Gasteiger charge is 2.48. The number of aliphatic hydroxyl groups is 7. The van der Waals surface area contributed by atoms with E-state index in [0.29, 0.717) is 0 Å². The number of ether oxygens (including phenoxy) is 3. The molecule has 9 atom stereocenters. The van der Waals surface area contributed by atoms with Crippen molar-refractivity contribution in [3.05, 3.63) is 0 Å². The van der Waals surface area contributed by atoms with E-state index in [1.165, 1.54) is 0 Å². The normalized spacial score (nSPS) is 51.9. The molecule has 2 saturated heterocycles. The van der Waals surface area contributed by atoms with Crippen molar-refractivity contribution in [3.8, 4) is 0 Å². The molecular formula is C11H20O10. The molecule has 0 spiro atoms. The van der Waals surface area contributed by atoms with Gasteiger partial charge >= 0.3 is 0 Å². The van der Waals surface area contributed by atoms with Gasteiger partial charge < -0.3 is 50.0 Å². The van der Waals surface area contributed by atoms with Crippen molar-refractivity contribution >= 4 is 0 Å². The van der Waals surface area contributed by atoms with Crippen LogP contribution in [-0.2, 0) is 14.2 Å². The van der Waals surface area contributed by atoms with Crippen LogP contribution in [0.1, 0.15) is 0 Å². The Hall–Kier alpha value is -0.400. The van der Waals surface area contributed by atoms with E-state index in [9.17, 15) is 30.6 Å². The second-order valence-electron chi connectivity index (χ2n) is 5.08. The van der Waals surface area contributed by atoms with E-state index >= 15 is 0 Å². The van der Waals surface area contributed by atoms with Crippen LogP contribution in [0, 0.1) is 0 Å². The second-order valence-corrected chi connectivity index (χ2v) is 5.08. The first-order valence-corrected chi connectivity index (χ1v) is 6.48. The molecule has 2 aliphatic heterocycles. The van der Waals surface area contributed by atoms with Crippen LogP contribution in [0.5, 0.6) is 0 Å². The third kappa shape index (κ3) is 3.35. The summed E-state index contributed by atoms with van der Waals surface area (Å²) in [4.78, 5) is 0. The maximum Gasteiger partial charge on any atom is 0.186 e. The first kappa shape index (κ1) is 17.0. The van der Waals surface area contributed by atoms with Gasteiger partial charge in [0.25, 0.3) is 0 Å². The van der Waals surface area contributed by atoms with Gasteiger partial charge in [0.1, 0.15) is 42.7 Å². The zero-order chi connectivity index (χ0) is 15.7. The molecule has 2 fully saturated rings. The average molecular weight is 312 g/mol. The van der Waals surface area contributed by atoms with Gasteiger partial charge in [0.05, 0.1) is 13.2 Å². The Morgan fingerprint density at radius 2 is 1.57 bits per heavy atom. The predicted molar refractivity (Wildman–Crippen MR) is 62.6 cm³/mol. The van der Waals surface area contributed by atoms with Crippen molar-refractivity contribution in [2.75, 3.05) is 13.2 Å². The molecule has 10 heteroatoms. The van der Waals surface area contributed by atoms with E-state index in [-0.39, 0.29) is 6.61 Å². The minimum absolute atomic E-state index is 0.315. The number of hydrogen-bond acceptors (Lipinski definition) is 10. The van der Waals surface area contributed by atoms with Crippen molar-refractivity contribution in [3.63, 3.8) is 0 Å². The third-order valence-electron chi connectivity index (χ3n) is 3.59. The molecular weight excluding hydrogens is 292 g/mol. The SMILES string of the molecule is OC[C@H]1O[C@H](O)[C@H](O)[C@@H](O[C@H]2OC[C@@H](O)[C@H](O)[C@H]2O)[C@@H]1O. The van der Waals surface area contributed by atoms with Crippen LogP contribution in [0.2, 0.25) is 0 Å². The summed E-state index contributed by atoms with van der Waals surface area (Å²) in [6.07, 6.45) is -13.3. The van der Waals surface area contributed by atoms with Crippen LogP contribution < -0.4 is 0 Å². The van der Waals surface area contributed by atoms with Gasteiger partial charge in [-0.1, -0.05) is 0 Å². The Labute approximate surface area is 119 Å². The van der Waals surface area contributed by atoms with E-state index in [0.717, 1.165) is 0 Å². The van der Waals surface area contributed by atoms with Gasteiger partial charge in [-0.2, -0.15) is 0 Å². The highest BCUT2D eigenvalue weighted by Crippen LogP contribution is 2.26. The molecule has 0 bridgehead atoms. The zero-order valence-electron chi connectivity index (χ0n) is 11.0. The van der Waals surface area contributed by atoms with Crippen LogP contribution in [0.3, 0.4) is 0 Å². The minimum Gasteiger partial charge on any atom is -0.394 e. The van der Waals surface area contributed by atoms with E-state index in [1.54, 1.807) is 0 Å². The Morgan fingerprint density at radius 3 is 2.19 bits per heavy atom. The summed E-state index contributed by atoms with van der Waals surface area (Å²) < 4.78 is 15.0. The van der Waals surface area contributed by atoms with Gasteiger partial charge in [-0.05, 0) is 0 Å². The molecule has 0 unspecified atom stereocenters. The Kier molecular flexibility index (Phi) is 5.48. The Bertz CT molecular complexity index is 341. The summed E-state index contributed by atoms with van der Waals surface area (Å²) in [5, 5.41) is 66.8. The summed E-state index contributed by atoms with van der Waals surface area (Å²) in [6, 6.07) is 0. The molecule has 124 valence electrons. The third-order valence-corrected chi connectivity index (χ3v) is 3.59. The van der Waals surface area contributed by atoms with Crippen molar-refractivity contribution in [1.82, 2.24) is 0 Å². The lowest BCUT2D eigenvalue weighted by molar-refractivity contribution is -0.343.